The first kappa shape index (κ1) is 12.3. The van der Waals surface area contributed by atoms with E-state index in [-0.39, 0.29) is 0 Å². The van der Waals surface area contributed by atoms with Crippen molar-refractivity contribution in [3.8, 4) is 0 Å². The Kier molecular flexibility index (Phi) is 4.62. The lowest BCUT2D eigenvalue weighted by atomic mass is 9.94. The Morgan fingerprint density at radius 3 is 2.75 bits per heavy atom. The van der Waals surface area contributed by atoms with Crippen LogP contribution < -0.4 is 5.73 Å². The highest BCUT2D eigenvalue weighted by molar-refractivity contribution is 4.81. The number of hydrogen-bond donors (Lipinski definition) is 1. The van der Waals surface area contributed by atoms with Crippen LogP contribution in [0.25, 0.3) is 0 Å². The van der Waals surface area contributed by atoms with Gasteiger partial charge in [-0.25, -0.2) is 0 Å². The Bertz CT molecular complexity index is 204. The van der Waals surface area contributed by atoms with Crippen molar-refractivity contribution in [1.29, 1.82) is 0 Å². The zero-order valence-corrected chi connectivity index (χ0v) is 10.5. The van der Waals surface area contributed by atoms with Crippen LogP contribution in [0.1, 0.15) is 38.5 Å². The van der Waals surface area contributed by atoms with Gasteiger partial charge in [0.2, 0.25) is 0 Å². The average molecular weight is 226 g/mol. The standard InChI is InChI=1S/C13H26N2O/c1-15(12-7-8-16-10-12)9-11-5-3-2-4-6-13(11)14/h11-13H,2-10,14H2,1H3. The molecule has 1 aliphatic carbocycles. The molecule has 1 saturated heterocycles. The van der Waals surface area contributed by atoms with Crippen molar-refractivity contribution in [2.75, 3.05) is 26.8 Å². The highest BCUT2D eigenvalue weighted by Gasteiger charge is 2.26. The van der Waals surface area contributed by atoms with Gasteiger partial charge in [0.15, 0.2) is 0 Å². The minimum Gasteiger partial charge on any atom is -0.380 e. The van der Waals surface area contributed by atoms with Crippen LogP contribution in [0.15, 0.2) is 0 Å². The van der Waals surface area contributed by atoms with Crippen molar-refractivity contribution in [2.24, 2.45) is 11.7 Å². The first-order valence-corrected chi connectivity index (χ1v) is 6.81. The highest BCUT2D eigenvalue weighted by atomic mass is 16.5. The smallest absolute Gasteiger partial charge is 0.0622 e. The summed E-state index contributed by atoms with van der Waals surface area (Å²) in [7, 11) is 2.23. The lowest BCUT2D eigenvalue weighted by Gasteiger charge is -2.30. The minimum atomic E-state index is 0.423. The van der Waals surface area contributed by atoms with E-state index in [1.54, 1.807) is 0 Å². The van der Waals surface area contributed by atoms with Gasteiger partial charge in [-0.2, -0.15) is 0 Å². The van der Waals surface area contributed by atoms with E-state index in [0.29, 0.717) is 18.0 Å². The van der Waals surface area contributed by atoms with Crippen LogP contribution in [-0.2, 0) is 4.74 Å². The summed E-state index contributed by atoms with van der Waals surface area (Å²) in [6.45, 7) is 3.01. The summed E-state index contributed by atoms with van der Waals surface area (Å²) >= 11 is 0. The number of hydrogen-bond acceptors (Lipinski definition) is 3. The summed E-state index contributed by atoms with van der Waals surface area (Å²) in [5, 5.41) is 0. The van der Waals surface area contributed by atoms with Gasteiger partial charge < -0.3 is 15.4 Å². The van der Waals surface area contributed by atoms with Crippen molar-refractivity contribution in [3.63, 3.8) is 0 Å². The maximum atomic E-state index is 6.27. The number of nitrogens with two attached hydrogens (primary N) is 1. The van der Waals surface area contributed by atoms with Crippen molar-refractivity contribution in [3.05, 3.63) is 0 Å². The Hall–Kier alpha value is -0.120. The molecule has 0 amide bonds. The third-order valence-corrected chi connectivity index (χ3v) is 4.27. The number of ether oxygens (including phenoxy) is 1. The van der Waals surface area contributed by atoms with Gasteiger partial charge in [-0.3, -0.25) is 0 Å². The van der Waals surface area contributed by atoms with Gasteiger partial charge in [0.05, 0.1) is 6.61 Å². The van der Waals surface area contributed by atoms with E-state index in [4.69, 9.17) is 10.5 Å². The molecule has 3 atom stereocenters. The summed E-state index contributed by atoms with van der Waals surface area (Å²) in [5.74, 6) is 0.702. The predicted molar refractivity (Wildman–Crippen MR) is 66.4 cm³/mol. The number of likely N-dealkylation sites (N-methyl/N-ethyl adjacent to an activating group) is 1. The predicted octanol–water partition coefficient (Wildman–Crippen LogP) is 1.61. The molecule has 2 rings (SSSR count). The molecule has 0 spiro atoms. The summed E-state index contributed by atoms with van der Waals surface area (Å²) in [6, 6.07) is 1.06. The van der Waals surface area contributed by atoms with Crippen molar-refractivity contribution in [1.82, 2.24) is 4.90 Å². The van der Waals surface area contributed by atoms with E-state index in [9.17, 15) is 0 Å². The van der Waals surface area contributed by atoms with Crippen molar-refractivity contribution in [2.45, 2.75) is 50.6 Å². The van der Waals surface area contributed by atoms with Crippen LogP contribution in [0.4, 0.5) is 0 Å². The minimum absolute atomic E-state index is 0.423. The third-order valence-electron chi connectivity index (χ3n) is 4.27. The normalized spacial score (nSPS) is 36.6. The molecule has 3 heteroatoms. The van der Waals surface area contributed by atoms with E-state index < -0.39 is 0 Å². The second-order valence-electron chi connectivity index (χ2n) is 5.52. The summed E-state index contributed by atoms with van der Waals surface area (Å²) in [5.41, 5.74) is 6.27. The van der Waals surface area contributed by atoms with Gasteiger partial charge in [-0.05, 0) is 32.2 Å². The van der Waals surface area contributed by atoms with Crippen LogP contribution in [-0.4, -0.2) is 43.8 Å². The fraction of sp³-hybridized carbons (Fsp3) is 1.00. The highest BCUT2D eigenvalue weighted by Crippen LogP contribution is 2.24. The van der Waals surface area contributed by atoms with E-state index in [1.807, 2.05) is 0 Å². The molecule has 3 nitrogen and oxygen atoms in total. The van der Waals surface area contributed by atoms with Gasteiger partial charge >= 0.3 is 0 Å². The lowest BCUT2D eigenvalue weighted by Crippen LogP contribution is -2.41. The van der Waals surface area contributed by atoms with Crippen LogP contribution >= 0.6 is 0 Å². The number of rotatable bonds is 3. The van der Waals surface area contributed by atoms with E-state index >= 15 is 0 Å². The van der Waals surface area contributed by atoms with Gasteiger partial charge in [0, 0.05) is 25.2 Å². The molecule has 0 bridgehead atoms. The first-order chi connectivity index (χ1) is 7.77. The van der Waals surface area contributed by atoms with E-state index in [0.717, 1.165) is 19.8 Å². The largest absolute Gasteiger partial charge is 0.380 e. The maximum Gasteiger partial charge on any atom is 0.0622 e. The van der Waals surface area contributed by atoms with E-state index in [2.05, 4.69) is 11.9 Å². The molecule has 0 radical (unpaired) electrons. The molecule has 3 unspecified atom stereocenters. The Labute approximate surface area is 99.3 Å². The van der Waals surface area contributed by atoms with Crippen molar-refractivity contribution >= 4 is 0 Å². The molecule has 2 fully saturated rings. The van der Waals surface area contributed by atoms with Gasteiger partial charge in [-0.1, -0.05) is 19.3 Å². The summed E-state index contributed by atoms with van der Waals surface area (Å²) in [4.78, 5) is 2.48. The molecule has 1 saturated carbocycles. The fourth-order valence-corrected chi connectivity index (χ4v) is 3.03. The molecular formula is C13H26N2O. The van der Waals surface area contributed by atoms with Gasteiger partial charge in [0.25, 0.3) is 0 Å². The average Bonchev–Trinajstić information content (AvgIpc) is 2.73. The quantitative estimate of drug-likeness (QED) is 0.743. The summed E-state index contributed by atoms with van der Waals surface area (Å²) < 4.78 is 5.45. The second kappa shape index (κ2) is 5.99. The molecule has 1 heterocycles. The van der Waals surface area contributed by atoms with Crippen LogP contribution in [0.2, 0.25) is 0 Å². The topological polar surface area (TPSA) is 38.5 Å². The molecule has 16 heavy (non-hydrogen) atoms. The molecule has 2 aliphatic rings. The van der Waals surface area contributed by atoms with Gasteiger partial charge in [0.1, 0.15) is 0 Å². The molecule has 0 aromatic rings. The molecular weight excluding hydrogens is 200 g/mol. The maximum absolute atomic E-state index is 6.27. The molecule has 2 N–H and O–H groups in total. The second-order valence-corrected chi connectivity index (χ2v) is 5.52. The zero-order valence-electron chi connectivity index (χ0n) is 10.5. The molecule has 0 aromatic carbocycles. The van der Waals surface area contributed by atoms with Crippen LogP contribution in [0, 0.1) is 5.92 Å². The van der Waals surface area contributed by atoms with Crippen molar-refractivity contribution < 1.29 is 4.74 Å². The molecule has 0 aromatic heterocycles. The summed E-state index contributed by atoms with van der Waals surface area (Å²) in [6.07, 6.45) is 7.80. The lowest BCUT2D eigenvalue weighted by molar-refractivity contribution is 0.143. The first-order valence-electron chi connectivity index (χ1n) is 6.81. The van der Waals surface area contributed by atoms with Crippen LogP contribution in [0.5, 0.6) is 0 Å². The molecule has 1 aliphatic heterocycles. The monoisotopic (exact) mass is 226 g/mol. The Morgan fingerprint density at radius 1 is 1.19 bits per heavy atom. The van der Waals surface area contributed by atoms with E-state index in [1.165, 1.54) is 38.5 Å². The number of nitrogens with zero attached hydrogens (tertiary/aromatic N) is 1. The van der Waals surface area contributed by atoms with Gasteiger partial charge in [-0.15, -0.1) is 0 Å². The van der Waals surface area contributed by atoms with Crippen LogP contribution in [0.3, 0.4) is 0 Å². The molecule has 94 valence electrons. The third kappa shape index (κ3) is 3.19. The SMILES string of the molecule is CN(CC1CCCCCC1N)C1CCOC1. The zero-order chi connectivity index (χ0) is 11.4. The fourth-order valence-electron chi connectivity index (χ4n) is 3.03. The Balaban J connectivity index is 1.81. The Morgan fingerprint density at radius 2 is 2.00 bits per heavy atom.